The smallest absolute Gasteiger partial charge is 0.407 e. The SMILES string of the molecule is CC1(C)C2CC1[C@@H]1OB(B3O[C@H]4C5CC(C[C@@]4(C)O3)C5(C)C)O[C@]1(C)C2. The summed E-state index contributed by atoms with van der Waals surface area (Å²) in [5.74, 6) is 2.72. The van der Waals surface area contributed by atoms with Crippen molar-refractivity contribution in [2.24, 2.45) is 34.5 Å². The number of hydrogen-bond donors (Lipinski definition) is 0. The lowest BCUT2D eigenvalue weighted by atomic mass is 9.45. The maximum atomic E-state index is 6.52. The second-order valence-corrected chi connectivity index (χ2v) is 11.8. The van der Waals surface area contributed by atoms with Crippen LogP contribution < -0.4 is 0 Å². The predicted molar refractivity (Wildman–Crippen MR) is 100 cm³/mol. The van der Waals surface area contributed by atoms with Crippen molar-refractivity contribution in [3.63, 3.8) is 0 Å². The Kier molecular flexibility index (Phi) is 2.97. The van der Waals surface area contributed by atoms with E-state index < -0.39 is 0 Å². The molecule has 4 unspecified atom stereocenters. The van der Waals surface area contributed by atoms with E-state index in [2.05, 4.69) is 41.5 Å². The summed E-state index contributed by atoms with van der Waals surface area (Å²) < 4.78 is 26.1. The minimum absolute atomic E-state index is 0.170. The van der Waals surface area contributed by atoms with Gasteiger partial charge in [-0.3, -0.25) is 0 Å². The summed E-state index contributed by atoms with van der Waals surface area (Å²) in [6.45, 7) is 14.1. The highest BCUT2D eigenvalue weighted by molar-refractivity contribution is 7.11. The Morgan fingerprint density at radius 1 is 0.654 bits per heavy atom. The summed E-state index contributed by atoms with van der Waals surface area (Å²) in [5, 5.41) is 0. The fraction of sp³-hybridized carbons (Fsp3) is 1.00. The maximum absolute atomic E-state index is 6.52. The molecule has 6 aliphatic carbocycles. The first-order chi connectivity index (χ1) is 12.0. The van der Waals surface area contributed by atoms with Gasteiger partial charge >= 0.3 is 14.0 Å². The fourth-order valence-electron chi connectivity index (χ4n) is 7.72. The zero-order valence-electron chi connectivity index (χ0n) is 17.1. The molecular weight excluding hydrogens is 326 g/mol. The molecule has 4 nitrogen and oxygen atoms in total. The average molecular weight is 358 g/mol. The largest absolute Gasteiger partial charge is 0.488 e. The molecule has 2 heterocycles. The van der Waals surface area contributed by atoms with E-state index in [1.807, 2.05) is 0 Å². The Hall–Kier alpha value is -0.0301. The molecule has 6 saturated carbocycles. The van der Waals surface area contributed by atoms with Crippen molar-refractivity contribution in [1.29, 1.82) is 0 Å². The van der Waals surface area contributed by atoms with Crippen LogP contribution in [0.1, 0.15) is 67.2 Å². The number of rotatable bonds is 1. The van der Waals surface area contributed by atoms with Crippen molar-refractivity contribution in [2.75, 3.05) is 0 Å². The third kappa shape index (κ3) is 1.79. The second kappa shape index (κ2) is 4.58. The first kappa shape index (κ1) is 16.9. The molecule has 6 heteroatoms. The molecule has 8 rings (SSSR count). The van der Waals surface area contributed by atoms with Gasteiger partial charge in [-0.2, -0.15) is 0 Å². The second-order valence-electron chi connectivity index (χ2n) is 11.8. The molecule has 8 fully saturated rings. The molecule has 2 aliphatic heterocycles. The van der Waals surface area contributed by atoms with Crippen molar-refractivity contribution in [2.45, 2.75) is 90.6 Å². The van der Waals surface area contributed by atoms with Crippen molar-refractivity contribution in [3.05, 3.63) is 0 Å². The lowest BCUT2D eigenvalue weighted by molar-refractivity contribution is -0.185. The highest BCUT2D eigenvalue weighted by Gasteiger charge is 2.72. The van der Waals surface area contributed by atoms with E-state index in [0.717, 1.165) is 24.7 Å². The standard InChI is InChI=1S/C20H32B2O4/c1-17(2)11-7-13(17)15-19(5,9-11)25-21(23-15)22-24-16-14-8-12(18(14,3)4)10-20(16,6)26-22/h11-16H,7-10H2,1-6H3/t11?,12?,13?,14?,15-,16-,19+,20+/m0/s1. The van der Waals surface area contributed by atoms with Gasteiger partial charge in [0.05, 0.1) is 23.4 Å². The Balaban J connectivity index is 1.23. The van der Waals surface area contributed by atoms with Crippen LogP contribution in [0.25, 0.3) is 0 Å². The molecule has 0 radical (unpaired) electrons. The van der Waals surface area contributed by atoms with Gasteiger partial charge in [-0.15, -0.1) is 0 Å². The summed E-state index contributed by atoms with van der Waals surface area (Å²) in [6.07, 6.45) is 5.13. The molecule has 8 aliphatic rings. The molecule has 4 bridgehead atoms. The van der Waals surface area contributed by atoms with Crippen LogP contribution in [0.2, 0.25) is 0 Å². The molecule has 0 amide bonds. The minimum atomic E-state index is -0.372. The molecule has 142 valence electrons. The normalized spacial score (nSPS) is 57.9. The molecule has 0 spiro atoms. The van der Waals surface area contributed by atoms with Gasteiger partial charge in [0, 0.05) is 0 Å². The van der Waals surface area contributed by atoms with Gasteiger partial charge < -0.3 is 18.6 Å². The Labute approximate surface area is 158 Å². The van der Waals surface area contributed by atoms with Gasteiger partial charge in [0.15, 0.2) is 0 Å². The predicted octanol–water partition coefficient (Wildman–Crippen LogP) is 3.52. The van der Waals surface area contributed by atoms with E-state index in [4.69, 9.17) is 18.6 Å². The van der Waals surface area contributed by atoms with Gasteiger partial charge in [-0.1, -0.05) is 27.7 Å². The van der Waals surface area contributed by atoms with Gasteiger partial charge in [-0.05, 0) is 74.0 Å². The van der Waals surface area contributed by atoms with Crippen LogP contribution in [0, 0.1) is 34.5 Å². The van der Waals surface area contributed by atoms with Crippen LogP contribution in [0.3, 0.4) is 0 Å². The fourth-order valence-corrected chi connectivity index (χ4v) is 7.72. The Morgan fingerprint density at radius 3 is 1.38 bits per heavy atom. The minimum Gasteiger partial charge on any atom is -0.407 e. The zero-order valence-corrected chi connectivity index (χ0v) is 17.1. The summed E-state index contributed by atoms with van der Waals surface area (Å²) in [7, 11) is -0.745. The summed E-state index contributed by atoms with van der Waals surface area (Å²) in [6, 6.07) is 0. The van der Waals surface area contributed by atoms with Crippen LogP contribution in [0.4, 0.5) is 0 Å². The highest BCUT2D eigenvalue weighted by atomic mass is 16.7. The Bertz CT molecular complexity index is 612. The molecular formula is C20H32B2O4. The van der Waals surface area contributed by atoms with E-state index in [0.29, 0.717) is 22.7 Å². The first-order valence-corrected chi connectivity index (χ1v) is 10.7. The third-order valence-corrected chi connectivity index (χ3v) is 9.89. The van der Waals surface area contributed by atoms with E-state index in [1.54, 1.807) is 0 Å². The highest BCUT2D eigenvalue weighted by Crippen LogP contribution is 2.66. The van der Waals surface area contributed by atoms with Crippen molar-refractivity contribution in [1.82, 2.24) is 0 Å². The summed E-state index contributed by atoms with van der Waals surface area (Å²) in [4.78, 5) is 0. The molecule has 2 saturated heterocycles. The van der Waals surface area contributed by atoms with Crippen LogP contribution in [0.5, 0.6) is 0 Å². The molecule has 8 atom stereocenters. The lowest BCUT2D eigenvalue weighted by Gasteiger charge is -2.63. The van der Waals surface area contributed by atoms with Crippen molar-refractivity contribution < 1.29 is 18.6 Å². The molecule has 0 aromatic heterocycles. The molecule has 0 N–H and O–H groups in total. The monoisotopic (exact) mass is 358 g/mol. The zero-order chi connectivity index (χ0) is 18.3. The third-order valence-electron chi connectivity index (χ3n) is 9.89. The lowest BCUT2D eigenvalue weighted by Crippen LogP contribution is -2.63. The van der Waals surface area contributed by atoms with Gasteiger partial charge in [0.2, 0.25) is 0 Å². The van der Waals surface area contributed by atoms with E-state index >= 15 is 0 Å². The van der Waals surface area contributed by atoms with Crippen LogP contribution in [0.15, 0.2) is 0 Å². The van der Waals surface area contributed by atoms with Crippen molar-refractivity contribution >= 4 is 14.0 Å². The average Bonchev–Trinajstić information content (AvgIpc) is 3.10. The van der Waals surface area contributed by atoms with E-state index in [1.165, 1.54) is 12.8 Å². The van der Waals surface area contributed by atoms with Gasteiger partial charge in [0.1, 0.15) is 0 Å². The van der Waals surface area contributed by atoms with Gasteiger partial charge in [0.25, 0.3) is 0 Å². The molecule has 0 aromatic rings. The van der Waals surface area contributed by atoms with Crippen LogP contribution in [-0.4, -0.2) is 37.4 Å². The van der Waals surface area contributed by atoms with E-state index in [-0.39, 0.29) is 37.4 Å². The van der Waals surface area contributed by atoms with E-state index in [9.17, 15) is 0 Å². The molecule has 26 heavy (non-hydrogen) atoms. The van der Waals surface area contributed by atoms with Crippen LogP contribution in [-0.2, 0) is 18.6 Å². The van der Waals surface area contributed by atoms with Crippen LogP contribution >= 0.6 is 0 Å². The molecule has 0 aromatic carbocycles. The topological polar surface area (TPSA) is 36.9 Å². The summed E-state index contributed by atoms with van der Waals surface area (Å²) >= 11 is 0. The maximum Gasteiger partial charge on any atom is 0.488 e. The number of hydrogen-bond acceptors (Lipinski definition) is 4. The summed E-state index contributed by atoms with van der Waals surface area (Å²) in [5.41, 5.74) is 0.420. The quantitative estimate of drug-likeness (QED) is 0.673. The Morgan fingerprint density at radius 2 is 1.04 bits per heavy atom. The first-order valence-electron chi connectivity index (χ1n) is 10.7. The van der Waals surface area contributed by atoms with Crippen molar-refractivity contribution in [3.8, 4) is 0 Å². The van der Waals surface area contributed by atoms with Gasteiger partial charge in [-0.25, -0.2) is 0 Å².